The number of amides is 1. The van der Waals surface area contributed by atoms with Crippen molar-refractivity contribution in [2.75, 3.05) is 46.2 Å². The summed E-state index contributed by atoms with van der Waals surface area (Å²) in [6, 6.07) is 0. The minimum atomic E-state index is -0.467. The molecule has 1 saturated heterocycles. The van der Waals surface area contributed by atoms with Gasteiger partial charge in [-0.1, -0.05) is 0 Å². The molecule has 1 aliphatic rings. The van der Waals surface area contributed by atoms with Crippen LogP contribution in [0.15, 0.2) is 4.99 Å². The van der Waals surface area contributed by atoms with Crippen molar-refractivity contribution in [1.82, 2.24) is 16.0 Å². The van der Waals surface area contributed by atoms with E-state index in [9.17, 15) is 4.79 Å². The van der Waals surface area contributed by atoms with E-state index >= 15 is 0 Å². The van der Waals surface area contributed by atoms with E-state index in [-0.39, 0.29) is 10.8 Å². The molecule has 8 heteroatoms. The first-order valence-corrected chi connectivity index (χ1v) is 10.1. The molecule has 0 spiro atoms. The van der Waals surface area contributed by atoms with Crippen LogP contribution in [-0.2, 0) is 9.47 Å². The first-order valence-electron chi connectivity index (χ1n) is 8.84. The molecule has 0 aromatic heterocycles. The van der Waals surface area contributed by atoms with Crippen molar-refractivity contribution < 1.29 is 14.3 Å². The zero-order chi connectivity index (χ0) is 18.8. The zero-order valence-electron chi connectivity index (χ0n) is 16.2. The number of carbonyl (C=O) groups is 1. The van der Waals surface area contributed by atoms with E-state index in [2.05, 4.69) is 27.2 Å². The van der Waals surface area contributed by atoms with Gasteiger partial charge in [-0.25, -0.2) is 4.79 Å². The number of hydrogen-bond donors (Lipinski definition) is 3. The van der Waals surface area contributed by atoms with Crippen LogP contribution < -0.4 is 16.0 Å². The maximum atomic E-state index is 11.6. The molecule has 0 atom stereocenters. The number of aliphatic imine (C=N–C) groups is 1. The van der Waals surface area contributed by atoms with Gasteiger partial charge in [-0.05, 0) is 46.3 Å². The van der Waals surface area contributed by atoms with Crippen LogP contribution in [0.2, 0.25) is 0 Å². The minimum Gasteiger partial charge on any atom is -0.444 e. The van der Waals surface area contributed by atoms with Crippen LogP contribution in [0.25, 0.3) is 0 Å². The van der Waals surface area contributed by atoms with Gasteiger partial charge in [0.05, 0.1) is 0 Å². The Kier molecular flexibility index (Phi) is 9.42. The van der Waals surface area contributed by atoms with Crippen LogP contribution in [0.3, 0.4) is 0 Å². The summed E-state index contributed by atoms with van der Waals surface area (Å²) in [7, 11) is 1.77. The minimum absolute atomic E-state index is 0.216. The summed E-state index contributed by atoms with van der Waals surface area (Å²) in [6.45, 7) is 9.36. The molecule has 1 fully saturated rings. The lowest BCUT2D eigenvalue weighted by Crippen LogP contribution is -2.48. The monoisotopic (exact) mass is 374 g/mol. The van der Waals surface area contributed by atoms with E-state index in [1.165, 1.54) is 0 Å². The lowest BCUT2D eigenvalue weighted by molar-refractivity contribution is 0.0527. The van der Waals surface area contributed by atoms with Gasteiger partial charge in [-0.3, -0.25) is 4.99 Å². The second-order valence-electron chi connectivity index (χ2n) is 7.13. The number of nitrogens with one attached hydrogen (secondary N) is 3. The Bertz CT molecular complexity index is 432. The average Bonchev–Trinajstić information content (AvgIpc) is 2.56. The quantitative estimate of drug-likeness (QED) is 0.359. The summed E-state index contributed by atoms with van der Waals surface area (Å²) in [5, 5.41) is 9.44. The second kappa shape index (κ2) is 10.8. The number of guanidine groups is 1. The van der Waals surface area contributed by atoms with Gasteiger partial charge in [-0.15, -0.1) is 0 Å². The molecule has 0 aromatic rings. The average molecular weight is 375 g/mol. The van der Waals surface area contributed by atoms with Gasteiger partial charge in [0, 0.05) is 44.6 Å². The Hall–Kier alpha value is -1.15. The summed E-state index contributed by atoms with van der Waals surface area (Å²) >= 11 is 1.90. The van der Waals surface area contributed by atoms with Gasteiger partial charge in [0.2, 0.25) is 0 Å². The third-order valence-electron chi connectivity index (χ3n) is 3.95. The molecule has 0 bridgehead atoms. The normalized spacial score (nSPS) is 17.7. The highest BCUT2D eigenvalue weighted by Crippen LogP contribution is 2.32. The number of nitrogens with zero attached hydrogens (tertiary/aromatic N) is 1. The molecule has 7 nitrogen and oxygen atoms in total. The van der Waals surface area contributed by atoms with Gasteiger partial charge >= 0.3 is 6.09 Å². The number of ether oxygens (including phenoxy) is 2. The van der Waals surface area contributed by atoms with Crippen LogP contribution in [0.5, 0.6) is 0 Å². The van der Waals surface area contributed by atoms with Gasteiger partial charge in [0.15, 0.2) is 5.96 Å². The van der Waals surface area contributed by atoms with E-state index in [0.29, 0.717) is 6.54 Å². The first kappa shape index (κ1) is 21.9. The van der Waals surface area contributed by atoms with Crippen molar-refractivity contribution in [3.05, 3.63) is 0 Å². The van der Waals surface area contributed by atoms with E-state index in [0.717, 1.165) is 51.5 Å². The summed E-state index contributed by atoms with van der Waals surface area (Å²) in [6.07, 6.45) is 4.68. The number of thioether (sulfide) groups is 1. The third-order valence-corrected chi connectivity index (χ3v) is 5.37. The molecule has 0 aromatic carbocycles. The third kappa shape index (κ3) is 9.21. The van der Waals surface area contributed by atoms with Crippen molar-refractivity contribution in [3.8, 4) is 0 Å². The van der Waals surface area contributed by atoms with Crippen molar-refractivity contribution in [3.63, 3.8) is 0 Å². The number of alkyl carbamates (subject to hydrolysis) is 1. The fourth-order valence-corrected chi connectivity index (χ4v) is 3.25. The summed E-state index contributed by atoms with van der Waals surface area (Å²) < 4.78 is 10.9. The van der Waals surface area contributed by atoms with Crippen LogP contribution >= 0.6 is 11.8 Å². The molecule has 0 aliphatic carbocycles. The van der Waals surface area contributed by atoms with Crippen LogP contribution in [-0.4, -0.2) is 68.6 Å². The predicted octanol–water partition coefficient (Wildman–Crippen LogP) is 1.98. The smallest absolute Gasteiger partial charge is 0.407 e. The Morgan fingerprint density at radius 2 is 1.84 bits per heavy atom. The molecule has 1 rings (SSSR count). The van der Waals surface area contributed by atoms with Crippen LogP contribution in [0.1, 0.15) is 40.0 Å². The SMILES string of the molecule is CN=C(NCCCNC(=O)OC(C)(C)C)NCC1(SC)CCOCC1. The Labute approximate surface area is 156 Å². The highest BCUT2D eigenvalue weighted by Gasteiger charge is 2.31. The summed E-state index contributed by atoms with van der Waals surface area (Å²) in [5.41, 5.74) is -0.467. The van der Waals surface area contributed by atoms with E-state index < -0.39 is 5.60 Å². The maximum Gasteiger partial charge on any atom is 0.407 e. The van der Waals surface area contributed by atoms with Crippen molar-refractivity contribution in [2.45, 2.75) is 50.4 Å². The molecule has 0 saturated carbocycles. The van der Waals surface area contributed by atoms with Crippen molar-refractivity contribution in [2.24, 2.45) is 4.99 Å². The molecular formula is C17H34N4O3S. The number of rotatable bonds is 7. The highest BCUT2D eigenvalue weighted by molar-refractivity contribution is 8.00. The molecule has 146 valence electrons. The topological polar surface area (TPSA) is 84.0 Å². The molecule has 1 amide bonds. The predicted molar refractivity (Wildman–Crippen MR) is 105 cm³/mol. The molecular weight excluding hydrogens is 340 g/mol. The van der Waals surface area contributed by atoms with Gasteiger partial charge in [0.1, 0.15) is 5.60 Å². The van der Waals surface area contributed by atoms with Gasteiger partial charge < -0.3 is 25.4 Å². The fraction of sp³-hybridized carbons (Fsp3) is 0.882. The molecule has 0 radical (unpaired) electrons. The van der Waals surface area contributed by atoms with Crippen molar-refractivity contribution in [1.29, 1.82) is 0 Å². The van der Waals surface area contributed by atoms with Crippen molar-refractivity contribution >= 4 is 23.8 Å². The molecule has 0 unspecified atom stereocenters. The van der Waals surface area contributed by atoms with Crippen LogP contribution in [0, 0.1) is 0 Å². The fourth-order valence-electron chi connectivity index (χ4n) is 2.46. The molecule has 1 heterocycles. The summed E-state index contributed by atoms with van der Waals surface area (Å²) in [4.78, 5) is 15.8. The van der Waals surface area contributed by atoms with Crippen LogP contribution in [0.4, 0.5) is 4.79 Å². The van der Waals surface area contributed by atoms with Gasteiger partial charge in [-0.2, -0.15) is 11.8 Å². The molecule has 1 aliphatic heterocycles. The van der Waals surface area contributed by atoms with E-state index in [1.54, 1.807) is 7.05 Å². The zero-order valence-corrected chi connectivity index (χ0v) is 17.1. The molecule has 3 N–H and O–H groups in total. The number of hydrogen-bond acceptors (Lipinski definition) is 5. The lowest BCUT2D eigenvalue weighted by Gasteiger charge is -2.36. The highest BCUT2D eigenvalue weighted by atomic mass is 32.2. The Balaban J connectivity index is 2.21. The van der Waals surface area contributed by atoms with Gasteiger partial charge in [0.25, 0.3) is 0 Å². The molecule has 25 heavy (non-hydrogen) atoms. The Morgan fingerprint density at radius 1 is 1.20 bits per heavy atom. The second-order valence-corrected chi connectivity index (χ2v) is 8.41. The first-order chi connectivity index (χ1) is 11.8. The largest absolute Gasteiger partial charge is 0.444 e. The maximum absolute atomic E-state index is 11.6. The lowest BCUT2D eigenvalue weighted by atomic mass is 9.99. The number of carbonyl (C=O) groups excluding carboxylic acids is 1. The Morgan fingerprint density at radius 3 is 2.40 bits per heavy atom. The standard InChI is InChI=1S/C17H34N4O3S/c1-16(2,3)24-15(22)20-10-6-9-19-14(18-4)21-13-17(25-5)7-11-23-12-8-17/h6-13H2,1-5H3,(H,20,22)(H2,18,19,21). The van der Waals surface area contributed by atoms with E-state index in [1.807, 2.05) is 32.5 Å². The summed E-state index contributed by atoms with van der Waals surface area (Å²) in [5.74, 6) is 0.789. The van der Waals surface area contributed by atoms with E-state index in [4.69, 9.17) is 9.47 Å².